The molecule has 0 aliphatic rings. The van der Waals surface area contributed by atoms with Crippen LogP contribution in [-0.2, 0) is 0 Å². The Kier molecular flexibility index (Phi) is 10.1. The van der Waals surface area contributed by atoms with Crippen LogP contribution in [0.3, 0.4) is 0 Å². The van der Waals surface area contributed by atoms with E-state index >= 15 is 0 Å². The van der Waals surface area contributed by atoms with E-state index in [1.54, 1.807) is 0 Å². The number of allylic oxidation sites excluding steroid dienone is 4. The van der Waals surface area contributed by atoms with Gasteiger partial charge in [0, 0.05) is 11.9 Å². The van der Waals surface area contributed by atoms with Crippen molar-refractivity contribution in [1.82, 2.24) is 10.3 Å². The van der Waals surface area contributed by atoms with Gasteiger partial charge >= 0.3 is 0 Å². The number of rotatable bonds is 7. The Labute approximate surface area is 160 Å². The molecule has 0 spiro atoms. The topological polar surface area (TPSA) is 24.9 Å². The van der Waals surface area contributed by atoms with Crippen molar-refractivity contribution in [3.05, 3.63) is 88.9 Å². The molecule has 1 atom stereocenters. The van der Waals surface area contributed by atoms with Crippen molar-refractivity contribution in [2.45, 2.75) is 60.4 Å². The summed E-state index contributed by atoms with van der Waals surface area (Å²) in [7, 11) is 0. The van der Waals surface area contributed by atoms with Gasteiger partial charge in [0.1, 0.15) is 0 Å². The molecule has 0 bridgehead atoms. The van der Waals surface area contributed by atoms with Crippen LogP contribution in [-0.4, -0.2) is 4.98 Å². The van der Waals surface area contributed by atoms with Gasteiger partial charge in [-0.15, -0.1) is 0 Å². The summed E-state index contributed by atoms with van der Waals surface area (Å²) in [6.07, 6.45) is 6.19. The summed E-state index contributed by atoms with van der Waals surface area (Å²) in [5.74, 6) is 0. The van der Waals surface area contributed by atoms with Gasteiger partial charge in [-0.3, -0.25) is 4.98 Å². The number of aromatic nitrogens is 1. The van der Waals surface area contributed by atoms with Gasteiger partial charge in [0.25, 0.3) is 0 Å². The molecule has 1 aromatic carbocycles. The predicted octanol–water partition coefficient (Wildman–Crippen LogP) is 6.83. The molecule has 0 aliphatic heterocycles. The number of pyridine rings is 1. The van der Waals surface area contributed by atoms with Crippen LogP contribution in [0, 0.1) is 0 Å². The lowest BCUT2D eigenvalue weighted by atomic mass is 10.0. The summed E-state index contributed by atoms with van der Waals surface area (Å²) < 4.78 is 0. The zero-order valence-corrected chi connectivity index (χ0v) is 17.2. The van der Waals surface area contributed by atoms with Gasteiger partial charge in [-0.05, 0) is 50.0 Å². The van der Waals surface area contributed by atoms with E-state index in [9.17, 15) is 0 Å². The summed E-state index contributed by atoms with van der Waals surface area (Å²) in [4.78, 5) is 4.58. The zero-order chi connectivity index (χ0) is 19.4. The van der Waals surface area contributed by atoms with Crippen molar-refractivity contribution in [2.75, 3.05) is 0 Å². The molecule has 1 aromatic heterocycles. The third-order valence-corrected chi connectivity index (χ3v) is 4.29. The molecule has 140 valence electrons. The third kappa shape index (κ3) is 6.51. The van der Waals surface area contributed by atoms with Crippen molar-refractivity contribution in [3.63, 3.8) is 0 Å². The van der Waals surface area contributed by atoms with Gasteiger partial charge in [0.15, 0.2) is 0 Å². The average Bonchev–Trinajstić information content (AvgIpc) is 2.71. The average molecular weight is 351 g/mol. The number of nitrogens with zero attached hydrogens (tertiary/aromatic N) is 1. The van der Waals surface area contributed by atoms with Crippen LogP contribution in [0.15, 0.2) is 77.6 Å². The van der Waals surface area contributed by atoms with E-state index in [1.165, 1.54) is 22.4 Å². The molecule has 2 nitrogen and oxygen atoms in total. The Morgan fingerprint density at radius 1 is 0.962 bits per heavy atom. The fourth-order valence-electron chi connectivity index (χ4n) is 2.75. The molecule has 0 saturated heterocycles. The standard InChI is InChI=1S/C22H28N2.C2H6/c1-5-17(3)16-18(4)20(6-2)24-22(19-12-8-7-9-13-19)21-14-10-11-15-23-21;1-2/h7-16,22,24H,5-6H2,1-4H3;1-2H3/b17-16-,20-18+;. The molecule has 0 amide bonds. The lowest BCUT2D eigenvalue weighted by Gasteiger charge is -2.23. The summed E-state index contributed by atoms with van der Waals surface area (Å²) in [6, 6.07) is 16.7. The van der Waals surface area contributed by atoms with Gasteiger partial charge < -0.3 is 5.32 Å². The first kappa shape index (κ1) is 21.7. The molecule has 0 fully saturated rings. The zero-order valence-electron chi connectivity index (χ0n) is 17.2. The number of hydrogen-bond donors (Lipinski definition) is 1. The van der Waals surface area contributed by atoms with Gasteiger partial charge in [0.2, 0.25) is 0 Å². The molecule has 2 heteroatoms. The lowest BCUT2D eigenvalue weighted by molar-refractivity contribution is 0.648. The SMILES string of the molecule is CC.CC/C(C)=C\C(C)=C(/CC)NC(c1ccccc1)c1ccccn1. The van der Waals surface area contributed by atoms with Crippen molar-refractivity contribution in [3.8, 4) is 0 Å². The van der Waals surface area contributed by atoms with Crippen LogP contribution in [0.25, 0.3) is 0 Å². The van der Waals surface area contributed by atoms with E-state index in [-0.39, 0.29) is 6.04 Å². The Balaban J connectivity index is 0.00000163. The fourth-order valence-corrected chi connectivity index (χ4v) is 2.75. The van der Waals surface area contributed by atoms with Crippen LogP contribution in [0.5, 0.6) is 0 Å². The molecule has 2 rings (SSSR count). The minimum atomic E-state index is 0.0626. The molecule has 0 radical (unpaired) electrons. The van der Waals surface area contributed by atoms with Crippen LogP contribution in [0.4, 0.5) is 0 Å². The molecular formula is C24H34N2. The number of nitrogens with one attached hydrogen (secondary N) is 1. The van der Waals surface area contributed by atoms with E-state index in [0.29, 0.717) is 0 Å². The maximum absolute atomic E-state index is 4.58. The van der Waals surface area contributed by atoms with Crippen molar-refractivity contribution >= 4 is 0 Å². The van der Waals surface area contributed by atoms with Crippen molar-refractivity contribution in [2.24, 2.45) is 0 Å². The molecule has 1 heterocycles. The highest BCUT2D eigenvalue weighted by molar-refractivity contribution is 5.32. The van der Waals surface area contributed by atoms with Crippen molar-refractivity contribution < 1.29 is 0 Å². The van der Waals surface area contributed by atoms with Crippen LogP contribution >= 0.6 is 0 Å². The highest BCUT2D eigenvalue weighted by atomic mass is 15.0. The predicted molar refractivity (Wildman–Crippen MR) is 114 cm³/mol. The molecule has 2 aromatic rings. The smallest absolute Gasteiger partial charge is 0.0937 e. The highest BCUT2D eigenvalue weighted by Gasteiger charge is 2.16. The van der Waals surface area contributed by atoms with Crippen molar-refractivity contribution in [1.29, 1.82) is 0 Å². The Morgan fingerprint density at radius 2 is 1.62 bits per heavy atom. The van der Waals surface area contributed by atoms with E-state index in [0.717, 1.165) is 18.5 Å². The Morgan fingerprint density at radius 3 is 2.15 bits per heavy atom. The van der Waals surface area contributed by atoms with E-state index in [1.807, 2.05) is 38.2 Å². The molecule has 26 heavy (non-hydrogen) atoms. The van der Waals surface area contributed by atoms with E-state index < -0.39 is 0 Å². The van der Waals surface area contributed by atoms with E-state index in [4.69, 9.17) is 0 Å². The van der Waals surface area contributed by atoms with Gasteiger partial charge in [-0.2, -0.15) is 0 Å². The highest BCUT2D eigenvalue weighted by Crippen LogP contribution is 2.23. The first-order valence-electron chi connectivity index (χ1n) is 9.75. The van der Waals surface area contributed by atoms with Crippen LogP contribution < -0.4 is 5.32 Å². The molecule has 0 saturated carbocycles. The molecule has 1 unspecified atom stereocenters. The molecular weight excluding hydrogens is 316 g/mol. The van der Waals surface area contributed by atoms with Gasteiger partial charge in [-0.25, -0.2) is 0 Å². The monoisotopic (exact) mass is 350 g/mol. The maximum atomic E-state index is 4.58. The second-order valence-corrected chi connectivity index (χ2v) is 6.10. The summed E-state index contributed by atoms with van der Waals surface area (Å²) >= 11 is 0. The second kappa shape index (κ2) is 12.1. The van der Waals surface area contributed by atoms with E-state index in [2.05, 4.69) is 74.4 Å². The number of hydrogen-bond acceptors (Lipinski definition) is 2. The quantitative estimate of drug-likeness (QED) is 0.554. The lowest BCUT2D eigenvalue weighted by Crippen LogP contribution is -2.23. The minimum Gasteiger partial charge on any atom is -0.376 e. The van der Waals surface area contributed by atoms with Gasteiger partial charge in [-0.1, -0.05) is 75.7 Å². The fraction of sp³-hybridized carbons (Fsp3) is 0.375. The molecule has 0 aliphatic carbocycles. The summed E-state index contributed by atoms with van der Waals surface area (Å²) in [6.45, 7) is 12.8. The maximum Gasteiger partial charge on any atom is 0.0937 e. The van der Waals surface area contributed by atoms with Gasteiger partial charge in [0.05, 0.1) is 11.7 Å². The number of benzene rings is 1. The minimum absolute atomic E-state index is 0.0626. The normalized spacial score (nSPS) is 13.2. The first-order valence-corrected chi connectivity index (χ1v) is 9.75. The Bertz CT molecular complexity index is 645. The second-order valence-electron chi connectivity index (χ2n) is 6.10. The third-order valence-electron chi connectivity index (χ3n) is 4.29. The van der Waals surface area contributed by atoms with Crippen LogP contribution in [0.2, 0.25) is 0 Å². The molecule has 1 N–H and O–H groups in total. The Hall–Kier alpha value is -2.35. The summed E-state index contributed by atoms with van der Waals surface area (Å²) in [5, 5.41) is 3.74. The largest absolute Gasteiger partial charge is 0.376 e. The summed E-state index contributed by atoms with van der Waals surface area (Å²) in [5.41, 5.74) is 6.23. The van der Waals surface area contributed by atoms with Crippen LogP contribution in [0.1, 0.15) is 71.7 Å². The first-order chi connectivity index (χ1) is 12.7.